The average molecular weight is 688 g/mol. The number of carbonyl (C=O) groups excluding carboxylic acids is 1. The predicted octanol–water partition coefficient (Wildman–Crippen LogP) is 7.63. The van der Waals surface area contributed by atoms with Crippen LogP contribution in [-0.2, 0) is 24.3 Å². The summed E-state index contributed by atoms with van der Waals surface area (Å²) >= 11 is 0. The molecule has 10 heteroatoms. The van der Waals surface area contributed by atoms with Gasteiger partial charge in [-0.3, -0.25) is 4.79 Å². The number of nitrogens with zero attached hydrogens (tertiary/aromatic N) is 1. The van der Waals surface area contributed by atoms with Crippen LogP contribution in [0.15, 0.2) is 111 Å². The molecule has 1 unspecified atom stereocenters. The van der Waals surface area contributed by atoms with Crippen LogP contribution in [0.5, 0.6) is 0 Å². The first-order valence-corrected chi connectivity index (χ1v) is 17.9. The molecule has 1 aliphatic carbocycles. The number of hydrogen-bond donors (Lipinski definition) is 2. The Balaban J connectivity index is 1.38. The Morgan fingerprint density at radius 1 is 0.840 bits per heavy atom. The Morgan fingerprint density at radius 2 is 1.54 bits per heavy atom. The minimum absolute atomic E-state index is 0.0224. The van der Waals surface area contributed by atoms with Crippen LogP contribution in [0.4, 0.5) is 17.1 Å². The van der Waals surface area contributed by atoms with Crippen molar-refractivity contribution in [1.82, 2.24) is 4.72 Å². The standard InChI is InChI=1S/C40H37N3O6S/c1-24-9-7-10-25(2)39(24)42-28-15-17-31-34(19-28)49-35-20-29(43-40-26(3)11-8-12-27(40)4)16-18-32(35)38(31)33-13-5-6-14-36(33)50(45,46)41-21-37(44)48-23-30-22-47-30/h5-20,30,41-42H,21-23H2,1-4H3/b43-29+. The highest BCUT2D eigenvalue weighted by Crippen LogP contribution is 2.43. The van der Waals surface area contributed by atoms with Crippen LogP contribution < -0.4 is 15.4 Å². The first kappa shape index (κ1) is 33.2. The summed E-state index contributed by atoms with van der Waals surface area (Å²) in [5.41, 5.74) is 9.43. The molecule has 2 N–H and O–H groups in total. The van der Waals surface area contributed by atoms with Gasteiger partial charge in [0.15, 0.2) is 0 Å². The number of ether oxygens (including phenoxy) is 2. The fraction of sp³-hybridized carbons (Fsp3) is 0.200. The zero-order valence-electron chi connectivity index (χ0n) is 28.2. The maximum absolute atomic E-state index is 13.8. The van der Waals surface area contributed by atoms with Crippen LogP contribution in [0.1, 0.15) is 22.3 Å². The fourth-order valence-corrected chi connectivity index (χ4v) is 7.30. The van der Waals surface area contributed by atoms with E-state index in [0.717, 1.165) is 44.7 Å². The van der Waals surface area contributed by atoms with Crippen molar-refractivity contribution < 1.29 is 27.1 Å². The molecule has 2 heterocycles. The van der Waals surface area contributed by atoms with Crippen molar-refractivity contribution in [1.29, 1.82) is 0 Å². The largest absolute Gasteiger partial charge is 0.462 e. The van der Waals surface area contributed by atoms with Gasteiger partial charge in [0.25, 0.3) is 0 Å². The lowest BCUT2D eigenvalue weighted by Crippen LogP contribution is -2.31. The van der Waals surface area contributed by atoms with E-state index < -0.39 is 22.5 Å². The van der Waals surface area contributed by atoms with Crippen LogP contribution in [0.25, 0.3) is 33.4 Å². The number of sulfonamides is 1. The second kappa shape index (κ2) is 13.5. The summed E-state index contributed by atoms with van der Waals surface area (Å²) in [5.74, 6) is -0.143. The first-order chi connectivity index (χ1) is 24.1. The second-order valence-corrected chi connectivity index (χ2v) is 14.3. The quantitative estimate of drug-likeness (QED) is 0.0863. The maximum atomic E-state index is 13.8. The molecule has 1 fully saturated rings. The number of benzene rings is 5. The van der Waals surface area contributed by atoms with Gasteiger partial charge >= 0.3 is 5.97 Å². The average Bonchev–Trinajstić information content (AvgIpc) is 3.93. The molecule has 9 nitrogen and oxygen atoms in total. The molecule has 4 aromatic carbocycles. The van der Waals surface area contributed by atoms with Gasteiger partial charge in [-0.25, -0.2) is 13.4 Å². The Hall–Kier alpha value is -5.29. The number of esters is 1. The summed E-state index contributed by atoms with van der Waals surface area (Å²) in [6.45, 7) is 8.29. The number of epoxide rings is 1. The van der Waals surface area contributed by atoms with Crippen LogP contribution in [0.3, 0.4) is 0 Å². The lowest BCUT2D eigenvalue weighted by atomic mass is 9.93. The highest BCUT2D eigenvalue weighted by molar-refractivity contribution is 7.89. The second-order valence-electron chi connectivity index (χ2n) is 12.6. The van der Waals surface area contributed by atoms with Gasteiger partial charge in [0.2, 0.25) is 10.0 Å². The molecule has 50 heavy (non-hydrogen) atoms. The minimum Gasteiger partial charge on any atom is -0.462 e. The predicted molar refractivity (Wildman–Crippen MR) is 194 cm³/mol. The van der Waals surface area contributed by atoms with Crippen LogP contribution in [0.2, 0.25) is 0 Å². The van der Waals surface area contributed by atoms with E-state index in [0.29, 0.717) is 40.0 Å². The van der Waals surface area contributed by atoms with Gasteiger partial charge in [0.1, 0.15) is 30.6 Å². The molecular weight excluding hydrogens is 651 g/mol. The van der Waals surface area contributed by atoms with Crippen molar-refractivity contribution in [3.8, 4) is 22.5 Å². The molecule has 0 bridgehead atoms. The molecule has 2 aliphatic heterocycles. The number of fused-ring (bicyclic) bond motifs is 2. The summed E-state index contributed by atoms with van der Waals surface area (Å²) < 4.78 is 46.9. The number of carbonyl (C=O) groups is 1. The minimum atomic E-state index is -4.15. The normalized spacial score (nSPS) is 14.6. The Bertz CT molecular complexity index is 2370. The molecule has 1 saturated heterocycles. The lowest BCUT2D eigenvalue weighted by Gasteiger charge is -2.19. The van der Waals surface area contributed by atoms with Gasteiger partial charge in [-0.1, -0.05) is 54.6 Å². The molecule has 0 radical (unpaired) electrons. The topological polar surface area (TPSA) is 123 Å². The molecule has 0 aromatic heterocycles. The van der Waals surface area contributed by atoms with Crippen LogP contribution >= 0.6 is 0 Å². The van der Waals surface area contributed by atoms with Crippen molar-refractivity contribution >= 4 is 44.0 Å². The van der Waals surface area contributed by atoms with E-state index in [1.54, 1.807) is 18.2 Å². The van der Waals surface area contributed by atoms with Gasteiger partial charge in [0.05, 0.1) is 22.5 Å². The highest BCUT2D eigenvalue weighted by Gasteiger charge is 2.27. The number of anilines is 2. The zero-order valence-corrected chi connectivity index (χ0v) is 29.1. The zero-order chi connectivity index (χ0) is 35.0. The molecular formula is C40H37N3O6S. The summed E-state index contributed by atoms with van der Waals surface area (Å²) in [4.78, 5) is 17.3. The molecule has 0 spiro atoms. The van der Waals surface area contributed by atoms with Gasteiger partial charge in [0, 0.05) is 45.6 Å². The van der Waals surface area contributed by atoms with E-state index in [-0.39, 0.29) is 17.6 Å². The fourth-order valence-electron chi connectivity index (χ4n) is 6.12. The molecule has 7 rings (SSSR count). The molecule has 254 valence electrons. The number of nitrogens with one attached hydrogen (secondary N) is 2. The molecule has 4 aromatic rings. The maximum Gasteiger partial charge on any atom is 0.321 e. The van der Waals surface area contributed by atoms with Gasteiger partial charge < -0.3 is 19.2 Å². The summed E-state index contributed by atoms with van der Waals surface area (Å²) in [6, 6.07) is 30.5. The van der Waals surface area contributed by atoms with E-state index in [9.17, 15) is 13.2 Å². The van der Waals surface area contributed by atoms with Gasteiger partial charge in [-0.05, 0) is 80.3 Å². The van der Waals surface area contributed by atoms with E-state index in [1.165, 1.54) is 6.07 Å². The van der Waals surface area contributed by atoms with E-state index in [2.05, 4.69) is 36.0 Å². The monoisotopic (exact) mass is 687 g/mol. The van der Waals surface area contributed by atoms with E-state index in [4.69, 9.17) is 18.9 Å². The molecule has 1 atom stereocenters. The smallest absolute Gasteiger partial charge is 0.321 e. The molecule has 0 amide bonds. The van der Waals surface area contributed by atoms with Gasteiger partial charge in [-0.15, -0.1) is 0 Å². The van der Waals surface area contributed by atoms with Crippen molar-refractivity contribution in [3.63, 3.8) is 0 Å². The third-order valence-corrected chi connectivity index (χ3v) is 10.3. The highest BCUT2D eigenvalue weighted by atomic mass is 32.2. The van der Waals surface area contributed by atoms with E-state index in [1.807, 2.05) is 74.5 Å². The van der Waals surface area contributed by atoms with Crippen LogP contribution in [0, 0.1) is 27.7 Å². The molecule has 0 saturated carbocycles. The van der Waals surface area contributed by atoms with Crippen LogP contribution in [-0.4, -0.2) is 40.2 Å². The third kappa shape index (κ3) is 6.91. The lowest BCUT2D eigenvalue weighted by molar-refractivity contribution is -0.142. The van der Waals surface area contributed by atoms with Gasteiger partial charge in [-0.2, -0.15) is 4.72 Å². The number of rotatable bonds is 10. The SMILES string of the molecule is Cc1cccc(C)c1/N=c1\ccc2c(-c3ccccc3S(=O)(=O)NCC(=O)OCC3CO3)c3ccc(Nc4c(C)cccc4C)cc3oc-2c1. The first-order valence-electron chi connectivity index (χ1n) is 16.4. The summed E-state index contributed by atoms with van der Waals surface area (Å²) in [7, 11) is -4.15. The van der Waals surface area contributed by atoms with E-state index >= 15 is 0 Å². The number of aryl methyl sites for hydroxylation is 4. The van der Waals surface area contributed by atoms with Crippen molar-refractivity contribution in [2.75, 3.05) is 25.1 Å². The Kier molecular flexibility index (Phi) is 9.00. The van der Waals surface area contributed by atoms with Crippen molar-refractivity contribution in [2.45, 2.75) is 38.7 Å². The van der Waals surface area contributed by atoms with Crippen molar-refractivity contribution in [3.05, 3.63) is 125 Å². The number of hydrogen-bond acceptors (Lipinski definition) is 8. The summed E-state index contributed by atoms with van der Waals surface area (Å²) in [6.07, 6.45) is -0.119. The Morgan fingerprint density at radius 3 is 2.26 bits per heavy atom. The van der Waals surface area contributed by atoms with Crippen molar-refractivity contribution in [2.24, 2.45) is 4.99 Å². The molecule has 3 aliphatic rings. The number of para-hydroxylation sites is 2. The Labute approximate surface area is 291 Å². The third-order valence-electron chi connectivity index (χ3n) is 8.82. The summed E-state index contributed by atoms with van der Waals surface area (Å²) in [5, 5.41) is 4.96.